The Morgan fingerprint density at radius 3 is 2.74 bits per heavy atom. The van der Waals surface area contributed by atoms with Crippen molar-refractivity contribution in [3.63, 3.8) is 0 Å². The first-order chi connectivity index (χ1) is 9.06. The lowest BCUT2D eigenvalue weighted by molar-refractivity contribution is 1.07. The molecule has 0 atom stereocenters. The van der Waals surface area contributed by atoms with Crippen LogP contribution in [0.4, 0.5) is 5.95 Å². The number of aryl methyl sites for hydroxylation is 1. The van der Waals surface area contributed by atoms with E-state index in [0.29, 0.717) is 5.95 Å². The van der Waals surface area contributed by atoms with Crippen molar-refractivity contribution < 1.29 is 0 Å². The van der Waals surface area contributed by atoms with Gasteiger partial charge in [-0.3, -0.25) is 4.57 Å². The molecule has 0 spiro atoms. The van der Waals surface area contributed by atoms with Gasteiger partial charge in [-0.15, -0.1) is 0 Å². The topological polar surface area (TPSA) is 56.7 Å². The van der Waals surface area contributed by atoms with Crippen molar-refractivity contribution in [3.8, 4) is 5.69 Å². The fraction of sp³-hybridized carbons (Fsp3) is 0.0769. The number of hydrogen-bond acceptors (Lipinski definition) is 3. The molecule has 2 heterocycles. The van der Waals surface area contributed by atoms with Gasteiger partial charge in [0.15, 0.2) is 5.65 Å². The molecule has 0 radical (unpaired) electrons. The van der Waals surface area contributed by atoms with Gasteiger partial charge in [-0.05, 0) is 52.7 Å². The van der Waals surface area contributed by atoms with Crippen molar-refractivity contribution in [2.45, 2.75) is 6.92 Å². The second-order valence-electron chi connectivity index (χ2n) is 4.26. The number of nitrogen functional groups attached to an aromatic ring is 1. The van der Waals surface area contributed by atoms with E-state index in [4.69, 9.17) is 5.73 Å². The van der Waals surface area contributed by atoms with Crippen LogP contribution in [0.5, 0.6) is 0 Å². The quantitative estimate of drug-likeness (QED) is 0.696. The molecule has 0 aliphatic carbocycles. The minimum absolute atomic E-state index is 0.427. The molecule has 4 nitrogen and oxygen atoms in total. The number of imidazole rings is 1. The molecular weight excluding hydrogens is 372 g/mol. The number of fused-ring (bicyclic) bond motifs is 1. The van der Waals surface area contributed by atoms with Gasteiger partial charge in [-0.1, -0.05) is 15.9 Å². The first-order valence-electron chi connectivity index (χ1n) is 5.62. The Labute approximate surface area is 126 Å². The number of aromatic nitrogens is 3. The van der Waals surface area contributed by atoms with Crippen LogP contribution in [0.15, 0.2) is 39.4 Å². The zero-order chi connectivity index (χ0) is 13.6. The van der Waals surface area contributed by atoms with Crippen LogP contribution in [0.1, 0.15) is 5.56 Å². The van der Waals surface area contributed by atoms with Crippen LogP contribution in [0.2, 0.25) is 0 Å². The Morgan fingerprint density at radius 1 is 1.21 bits per heavy atom. The summed E-state index contributed by atoms with van der Waals surface area (Å²) in [6.45, 7) is 1.98. The lowest BCUT2D eigenvalue weighted by Crippen LogP contribution is -2.02. The molecule has 6 heteroatoms. The van der Waals surface area contributed by atoms with Gasteiger partial charge >= 0.3 is 0 Å². The zero-order valence-corrected chi connectivity index (χ0v) is 13.2. The van der Waals surface area contributed by atoms with E-state index in [1.165, 1.54) is 0 Å². The Morgan fingerprint density at radius 2 is 2.00 bits per heavy atom. The zero-order valence-electron chi connectivity index (χ0n) is 10.1. The fourth-order valence-corrected chi connectivity index (χ4v) is 3.21. The van der Waals surface area contributed by atoms with Crippen molar-refractivity contribution in [1.82, 2.24) is 14.5 Å². The molecule has 2 aromatic heterocycles. The van der Waals surface area contributed by atoms with E-state index in [-0.39, 0.29) is 0 Å². The van der Waals surface area contributed by atoms with Crippen LogP contribution < -0.4 is 5.73 Å². The average Bonchev–Trinajstić information content (AvgIpc) is 2.65. The third kappa shape index (κ3) is 2.15. The summed E-state index contributed by atoms with van der Waals surface area (Å²) in [5.41, 5.74) is 9.55. The fourth-order valence-electron chi connectivity index (χ4n) is 1.98. The third-order valence-corrected chi connectivity index (χ3v) is 3.94. The number of hydrogen-bond donors (Lipinski definition) is 1. The number of nitrogens with zero attached hydrogens (tertiary/aromatic N) is 3. The molecule has 0 bridgehead atoms. The highest BCUT2D eigenvalue weighted by molar-refractivity contribution is 9.11. The average molecular weight is 382 g/mol. The molecule has 19 heavy (non-hydrogen) atoms. The Balaban J connectivity index is 2.33. The van der Waals surface area contributed by atoms with E-state index < -0.39 is 0 Å². The Bertz CT molecular complexity index is 780. The normalized spacial score (nSPS) is 11.1. The summed E-state index contributed by atoms with van der Waals surface area (Å²) in [7, 11) is 0. The molecule has 0 fully saturated rings. The van der Waals surface area contributed by atoms with E-state index in [1.807, 2.05) is 42.0 Å². The maximum Gasteiger partial charge on any atom is 0.207 e. The summed E-state index contributed by atoms with van der Waals surface area (Å²) in [4.78, 5) is 8.79. The van der Waals surface area contributed by atoms with Crippen molar-refractivity contribution in [2.24, 2.45) is 0 Å². The number of anilines is 1. The monoisotopic (exact) mass is 380 g/mol. The molecule has 0 amide bonds. The second-order valence-corrected chi connectivity index (χ2v) is 6.03. The molecule has 0 saturated carbocycles. The Hall–Kier alpha value is -1.40. The summed E-state index contributed by atoms with van der Waals surface area (Å²) in [6.07, 6.45) is 1.81. The molecule has 0 aliphatic rings. The van der Waals surface area contributed by atoms with Crippen LogP contribution in [0, 0.1) is 6.92 Å². The maximum atomic E-state index is 6.02. The van der Waals surface area contributed by atoms with Gasteiger partial charge in [0.2, 0.25) is 5.95 Å². The lowest BCUT2D eigenvalue weighted by atomic mass is 10.3. The van der Waals surface area contributed by atoms with Gasteiger partial charge < -0.3 is 5.73 Å². The van der Waals surface area contributed by atoms with Gasteiger partial charge in [0.1, 0.15) is 5.52 Å². The number of halogens is 2. The van der Waals surface area contributed by atoms with E-state index in [2.05, 4.69) is 41.8 Å². The molecular formula is C13H10Br2N4. The van der Waals surface area contributed by atoms with E-state index in [9.17, 15) is 0 Å². The van der Waals surface area contributed by atoms with Crippen molar-refractivity contribution in [2.75, 3.05) is 5.73 Å². The van der Waals surface area contributed by atoms with E-state index in [1.54, 1.807) is 0 Å². The van der Waals surface area contributed by atoms with Crippen LogP contribution in [0.25, 0.3) is 16.9 Å². The first-order valence-corrected chi connectivity index (χ1v) is 7.21. The van der Waals surface area contributed by atoms with Gasteiger partial charge in [0, 0.05) is 15.1 Å². The predicted molar refractivity (Wildman–Crippen MR) is 83.4 cm³/mol. The van der Waals surface area contributed by atoms with Crippen LogP contribution in [-0.4, -0.2) is 14.5 Å². The molecule has 0 saturated heterocycles. The molecule has 3 rings (SSSR count). The van der Waals surface area contributed by atoms with Gasteiger partial charge in [-0.2, -0.15) is 0 Å². The smallest absolute Gasteiger partial charge is 0.207 e. The largest absolute Gasteiger partial charge is 0.369 e. The third-order valence-electron chi connectivity index (χ3n) is 2.81. The highest BCUT2D eigenvalue weighted by Gasteiger charge is 2.13. The summed E-state index contributed by atoms with van der Waals surface area (Å²) in [5.74, 6) is 0.427. The van der Waals surface area contributed by atoms with Crippen molar-refractivity contribution >= 4 is 49.0 Å². The number of benzene rings is 1. The van der Waals surface area contributed by atoms with Crippen LogP contribution >= 0.6 is 31.9 Å². The molecule has 0 aliphatic heterocycles. The second kappa shape index (κ2) is 4.61. The van der Waals surface area contributed by atoms with Crippen molar-refractivity contribution in [3.05, 3.63) is 45.0 Å². The maximum absolute atomic E-state index is 6.02. The SMILES string of the molecule is Cc1cnc2c(c1)nc(N)n2-c1ccc(Br)cc1Br. The lowest BCUT2D eigenvalue weighted by Gasteiger charge is -2.08. The first kappa shape index (κ1) is 12.6. The Kier molecular flexibility index (Phi) is 3.06. The highest BCUT2D eigenvalue weighted by atomic mass is 79.9. The number of nitrogens with two attached hydrogens (primary N) is 1. The minimum Gasteiger partial charge on any atom is -0.369 e. The van der Waals surface area contributed by atoms with Gasteiger partial charge in [-0.25, -0.2) is 9.97 Å². The van der Waals surface area contributed by atoms with E-state index >= 15 is 0 Å². The summed E-state index contributed by atoms with van der Waals surface area (Å²) in [5, 5.41) is 0. The molecule has 96 valence electrons. The van der Waals surface area contributed by atoms with Crippen LogP contribution in [-0.2, 0) is 0 Å². The molecule has 3 aromatic rings. The minimum atomic E-state index is 0.427. The number of rotatable bonds is 1. The molecule has 0 unspecified atom stereocenters. The molecule has 2 N–H and O–H groups in total. The predicted octanol–water partition coefficient (Wildman–Crippen LogP) is 3.84. The summed E-state index contributed by atoms with van der Waals surface area (Å²) in [6, 6.07) is 7.86. The highest BCUT2D eigenvalue weighted by Crippen LogP contribution is 2.29. The molecule has 1 aromatic carbocycles. The van der Waals surface area contributed by atoms with Gasteiger partial charge in [0.25, 0.3) is 0 Å². The standard InChI is InChI=1S/C13H10Br2N4/c1-7-4-10-12(17-6-7)19(13(16)18-10)11-3-2-8(14)5-9(11)15/h2-6H,1H3,(H2,16,18). The van der Waals surface area contributed by atoms with E-state index in [0.717, 1.165) is 31.4 Å². The summed E-state index contributed by atoms with van der Waals surface area (Å²) < 4.78 is 3.76. The summed E-state index contributed by atoms with van der Waals surface area (Å²) >= 11 is 6.98. The number of pyridine rings is 1. The van der Waals surface area contributed by atoms with Crippen molar-refractivity contribution in [1.29, 1.82) is 0 Å². The van der Waals surface area contributed by atoms with Gasteiger partial charge in [0.05, 0.1) is 5.69 Å². The van der Waals surface area contributed by atoms with Crippen LogP contribution in [0.3, 0.4) is 0 Å².